The first-order chi connectivity index (χ1) is 11.6. The van der Waals surface area contributed by atoms with Crippen molar-refractivity contribution in [3.8, 4) is 11.4 Å². The molecule has 0 bridgehead atoms. The van der Waals surface area contributed by atoms with Gasteiger partial charge in [0, 0.05) is 18.7 Å². The van der Waals surface area contributed by atoms with Crippen LogP contribution in [0.15, 0.2) is 39.8 Å². The smallest absolute Gasteiger partial charge is 0.231 e. The number of ether oxygens (including phenoxy) is 1. The van der Waals surface area contributed by atoms with Crippen LogP contribution in [0.2, 0.25) is 0 Å². The van der Waals surface area contributed by atoms with Crippen LogP contribution >= 0.6 is 0 Å². The van der Waals surface area contributed by atoms with Crippen molar-refractivity contribution in [2.45, 2.75) is 25.9 Å². The lowest BCUT2D eigenvalue weighted by atomic mass is 10.2. The number of rotatable bonds is 4. The van der Waals surface area contributed by atoms with Crippen LogP contribution in [0.1, 0.15) is 25.7 Å². The van der Waals surface area contributed by atoms with Crippen molar-refractivity contribution < 1.29 is 9.26 Å². The van der Waals surface area contributed by atoms with Crippen molar-refractivity contribution in [2.24, 2.45) is 10.7 Å². The van der Waals surface area contributed by atoms with E-state index in [9.17, 15) is 0 Å². The zero-order valence-electron chi connectivity index (χ0n) is 14.1. The number of hydrogen-bond acceptors (Lipinski definition) is 5. The molecule has 0 spiro atoms. The van der Waals surface area contributed by atoms with Gasteiger partial charge < -0.3 is 19.9 Å². The summed E-state index contributed by atoms with van der Waals surface area (Å²) in [5.74, 6) is 1.71. The third-order valence-corrected chi connectivity index (χ3v) is 3.99. The monoisotopic (exact) mass is 329 g/mol. The molecule has 7 heteroatoms. The Hall–Kier alpha value is -2.41. The second kappa shape index (κ2) is 7.44. The van der Waals surface area contributed by atoms with Gasteiger partial charge in [-0.3, -0.25) is 4.99 Å². The lowest BCUT2D eigenvalue weighted by Gasteiger charge is -2.31. The average Bonchev–Trinajstić information content (AvgIpc) is 3.10. The number of aromatic nitrogens is 2. The maximum Gasteiger partial charge on any atom is 0.231 e. The van der Waals surface area contributed by atoms with Crippen LogP contribution in [0.5, 0.6) is 0 Å². The zero-order valence-corrected chi connectivity index (χ0v) is 14.1. The van der Waals surface area contributed by atoms with Crippen LogP contribution in [-0.4, -0.2) is 53.3 Å². The van der Waals surface area contributed by atoms with Crippen molar-refractivity contribution in [1.29, 1.82) is 0 Å². The summed E-state index contributed by atoms with van der Waals surface area (Å²) in [4.78, 5) is 11.0. The lowest BCUT2D eigenvalue weighted by molar-refractivity contribution is 0.00529. The van der Waals surface area contributed by atoms with E-state index in [4.69, 9.17) is 15.0 Å². The van der Waals surface area contributed by atoms with Gasteiger partial charge in [0.25, 0.3) is 0 Å². The summed E-state index contributed by atoms with van der Waals surface area (Å²) in [5.41, 5.74) is 7.02. The Morgan fingerprint density at radius 1 is 1.42 bits per heavy atom. The molecule has 0 amide bonds. The first kappa shape index (κ1) is 16.4. The third kappa shape index (κ3) is 3.91. The van der Waals surface area contributed by atoms with Gasteiger partial charge >= 0.3 is 0 Å². The molecule has 1 fully saturated rings. The highest BCUT2D eigenvalue weighted by Crippen LogP contribution is 2.19. The van der Waals surface area contributed by atoms with E-state index in [1.165, 1.54) is 0 Å². The zero-order chi connectivity index (χ0) is 16.9. The molecule has 1 aromatic carbocycles. The maximum atomic E-state index is 6.09. The molecule has 0 aliphatic carbocycles. The van der Waals surface area contributed by atoms with E-state index in [-0.39, 0.29) is 12.0 Å². The van der Waals surface area contributed by atoms with Crippen molar-refractivity contribution >= 4 is 5.96 Å². The predicted molar refractivity (Wildman–Crippen MR) is 91.6 cm³/mol. The average molecular weight is 329 g/mol. The fourth-order valence-corrected chi connectivity index (χ4v) is 2.57. The molecule has 1 aliphatic rings. The fourth-order valence-electron chi connectivity index (χ4n) is 2.57. The normalized spacial score (nSPS) is 20.2. The van der Waals surface area contributed by atoms with E-state index >= 15 is 0 Å². The Labute approximate surface area is 141 Å². The number of benzene rings is 1. The second-order valence-electron chi connectivity index (χ2n) is 6.05. The molecule has 24 heavy (non-hydrogen) atoms. The molecule has 1 aliphatic heterocycles. The third-order valence-electron chi connectivity index (χ3n) is 3.99. The lowest BCUT2D eigenvalue weighted by Crippen LogP contribution is -2.48. The Bertz CT molecular complexity index is 685. The molecule has 2 unspecified atom stereocenters. The standard InChI is InChI=1S/C17H23N5O2/c1-12(10-19-17(18)22-8-9-23-13(2)11-22)16-20-15(21-24-16)14-6-4-3-5-7-14/h3-7,12-13H,8-11H2,1-2H3,(H2,18,19). The first-order valence-corrected chi connectivity index (χ1v) is 8.19. The molecule has 2 atom stereocenters. The van der Waals surface area contributed by atoms with E-state index in [0.717, 1.165) is 18.7 Å². The molecule has 2 heterocycles. The summed E-state index contributed by atoms with van der Waals surface area (Å²) >= 11 is 0. The topological polar surface area (TPSA) is 89.8 Å². The summed E-state index contributed by atoms with van der Waals surface area (Å²) in [7, 11) is 0. The highest BCUT2D eigenvalue weighted by atomic mass is 16.5. The van der Waals surface area contributed by atoms with Crippen molar-refractivity contribution in [2.75, 3.05) is 26.2 Å². The van der Waals surface area contributed by atoms with Crippen molar-refractivity contribution in [3.63, 3.8) is 0 Å². The van der Waals surface area contributed by atoms with Crippen LogP contribution in [-0.2, 0) is 4.74 Å². The molecule has 0 saturated carbocycles. The molecule has 1 saturated heterocycles. The summed E-state index contributed by atoms with van der Waals surface area (Å²) in [6.07, 6.45) is 0.175. The number of hydrogen-bond donors (Lipinski definition) is 1. The second-order valence-corrected chi connectivity index (χ2v) is 6.05. The Kier molecular flexibility index (Phi) is 5.10. The molecular formula is C17H23N5O2. The van der Waals surface area contributed by atoms with Crippen LogP contribution in [0.4, 0.5) is 0 Å². The SMILES string of the molecule is CC1CN(C(N)=NCC(C)c2nc(-c3ccccc3)no2)CCO1. The molecule has 1 aromatic heterocycles. The van der Waals surface area contributed by atoms with Crippen molar-refractivity contribution in [1.82, 2.24) is 15.0 Å². The van der Waals surface area contributed by atoms with E-state index in [0.29, 0.717) is 30.8 Å². The van der Waals surface area contributed by atoms with Gasteiger partial charge in [0.15, 0.2) is 5.96 Å². The van der Waals surface area contributed by atoms with Crippen molar-refractivity contribution in [3.05, 3.63) is 36.2 Å². The summed E-state index contributed by atoms with van der Waals surface area (Å²) in [6.45, 7) is 6.76. The molecule has 0 radical (unpaired) electrons. The molecule has 2 N–H and O–H groups in total. The summed E-state index contributed by atoms with van der Waals surface area (Å²) in [5, 5.41) is 4.04. The molecular weight excluding hydrogens is 306 g/mol. The summed E-state index contributed by atoms with van der Waals surface area (Å²) in [6, 6.07) is 9.76. The van der Waals surface area contributed by atoms with E-state index in [1.807, 2.05) is 49.1 Å². The van der Waals surface area contributed by atoms with Gasteiger partial charge in [-0.25, -0.2) is 0 Å². The minimum absolute atomic E-state index is 0.00646. The maximum absolute atomic E-state index is 6.09. The largest absolute Gasteiger partial charge is 0.375 e. The van der Waals surface area contributed by atoms with Gasteiger partial charge in [0.1, 0.15) is 0 Å². The molecule has 128 valence electrons. The Morgan fingerprint density at radius 3 is 2.96 bits per heavy atom. The number of nitrogens with two attached hydrogens (primary N) is 1. The van der Waals surface area contributed by atoms with Gasteiger partial charge in [-0.1, -0.05) is 42.4 Å². The molecule has 2 aromatic rings. The number of nitrogens with zero attached hydrogens (tertiary/aromatic N) is 4. The highest BCUT2D eigenvalue weighted by Gasteiger charge is 2.19. The van der Waals surface area contributed by atoms with E-state index < -0.39 is 0 Å². The molecule has 7 nitrogen and oxygen atoms in total. The van der Waals surface area contributed by atoms with Gasteiger partial charge in [-0.05, 0) is 6.92 Å². The number of morpholine rings is 1. The first-order valence-electron chi connectivity index (χ1n) is 8.19. The Morgan fingerprint density at radius 2 is 2.21 bits per heavy atom. The minimum atomic E-state index is 0.00646. The van der Waals surface area contributed by atoms with E-state index in [1.54, 1.807) is 0 Å². The van der Waals surface area contributed by atoms with E-state index in [2.05, 4.69) is 15.1 Å². The van der Waals surface area contributed by atoms with Gasteiger partial charge in [-0.15, -0.1) is 0 Å². The Balaban J connectivity index is 1.62. The highest BCUT2D eigenvalue weighted by molar-refractivity contribution is 5.78. The van der Waals surface area contributed by atoms with Gasteiger partial charge in [0.2, 0.25) is 11.7 Å². The summed E-state index contributed by atoms with van der Waals surface area (Å²) < 4.78 is 10.9. The molecule has 3 rings (SSSR count). The number of guanidine groups is 1. The van der Waals surface area contributed by atoms with Gasteiger partial charge in [-0.2, -0.15) is 4.98 Å². The predicted octanol–water partition coefficient (Wildman–Crippen LogP) is 1.88. The van der Waals surface area contributed by atoms with Gasteiger partial charge in [0.05, 0.1) is 25.2 Å². The van der Waals surface area contributed by atoms with Crippen LogP contribution < -0.4 is 5.73 Å². The van der Waals surface area contributed by atoms with Crippen LogP contribution in [0.3, 0.4) is 0 Å². The number of aliphatic imine (C=N–C) groups is 1. The van der Waals surface area contributed by atoms with Crippen LogP contribution in [0, 0.1) is 0 Å². The minimum Gasteiger partial charge on any atom is -0.375 e. The fraction of sp³-hybridized carbons (Fsp3) is 0.471. The van der Waals surface area contributed by atoms with Crippen LogP contribution in [0.25, 0.3) is 11.4 Å². The quantitative estimate of drug-likeness (QED) is 0.680.